The van der Waals surface area contributed by atoms with E-state index in [1.807, 2.05) is 6.21 Å². The van der Waals surface area contributed by atoms with E-state index < -0.39 is 0 Å². The number of halogens is 2. The topological polar surface area (TPSA) is 83.0 Å². The van der Waals surface area contributed by atoms with Gasteiger partial charge in [0.15, 0.2) is 0 Å². The van der Waals surface area contributed by atoms with Gasteiger partial charge in [-0.3, -0.25) is 9.79 Å². The average Bonchev–Trinajstić information content (AvgIpc) is 3.74. The molecule has 8 nitrogen and oxygen atoms in total. The molecule has 1 aliphatic carbocycles. The number of amides is 1. The summed E-state index contributed by atoms with van der Waals surface area (Å²) in [5.41, 5.74) is 2.42. The van der Waals surface area contributed by atoms with Gasteiger partial charge in [-0.05, 0) is 55.1 Å². The van der Waals surface area contributed by atoms with E-state index in [-0.39, 0.29) is 18.1 Å². The molecule has 1 saturated heterocycles. The van der Waals surface area contributed by atoms with Crippen LogP contribution in [0.1, 0.15) is 37.7 Å². The van der Waals surface area contributed by atoms with E-state index in [0.717, 1.165) is 68.0 Å². The number of benzene rings is 1. The molecular formula is C29H34ClFN6O2. The first-order valence-corrected chi connectivity index (χ1v) is 14.3. The Morgan fingerprint density at radius 3 is 2.79 bits per heavy atom. The Hall–Kier alpha value is -3.20. The van der Waals surface area contributed by atoms with Gasteiger partial charge in [-0.25, -0.2) is 14.4 Å². The third kappa shape index (κ3) is 6.19. The van der Waals surface area contributed by atoms with Crippen LogP contribution < -0.4 is 15.0 Å². The molecule has 0 spiro atoms. The fraction of sp³-hybridized carbons (Fsp3) is 0.517. The second-order valence-electron chi connectivity index (χ2n) is 10.9. The zero-order chi connectivity index (χ0) is 26.8. The smallest absolute Gasteiger partial charge is 0.227 e. The molecule has 2 atom stereocenters. The summed E-state index contributed by atoms with van der Waals surface area (Å²) >= 11 is 5.90. The third-order valence-electron chi connectivity index (χ3n) is 8.46. The number of aliphatic imine (C=N–C) groups is 1. The van der Waals surface area contributed by atoms with Crippen LogP contribution in [-0.4, -0.2) is 66.3 Å². The van der Waals surface area contributed by atoms with Crippen molar-refractivity contribution in [2.24, 2.45) is 22.7 Å². The van der Waals surface area contributed by atoms with Crippen LogP contribution in [0.3, 0.4) is 0 Å². The minimum Gasteiger partial charge on any atom is -0.493 e. The first kappa shape index (κ1) is 26.0. The number of piperidine rings is 1. The maximum atomic E-state index is 14.8. The molecule has 1 N–H and O–H groups in total. The molecule has 2 aromatic rings. The number of aromatic nitrogens is 2. The number of rotatable bonds is 8. The summed E-state index contributed by atoms with van der Waals surface area (Å²) in [6.07, 6.45) is 10.5. The molecule has 0 radical (unpaired) electrons. The molecule has 3 aliphatic heterocycles. The molecule has 2 fully saturated rings. The molecule has 4 aliphatic rings. The highest BCUT2D eigenvalue weighted by Gasteiger charge is 2.43. The predicted octanol–water partition coefficient (Wildman–Crippen LogP) is 4.25. The minimum absolute atomic E-state index is 0.0463. The van der Waals surface area contributed by atoms with Crippen molar-refractivity contribution in [3.8, 4) is 5.75 Å². The fourth-order valence-electron chi connectivity index (χ4n) is 6.13. The van der Waals surface area contributed by atoms with Crippen molar-refractivity contribution in [1.29, 1.82) is 0 Å². The molecule has 1 saturated carbocycles. The minimum atomic E-state index is -0.390. The quantitative estimate of drug-likeness (QED) is 0.527. The lowest BCUT2D eigenvalue weighted by Crippen LogP contribution is -2.42. The van der Waals surface area contributed by atoms with Gasteiger partial charge in [-0.15, -0.1) is 0 Å². The summed E-state index contributed by atoms with van der Waals surface area (Å²) in [6, 6.07) is 4.87. The Balaban J connectivity index is 0.920. The van der Waals surface area contributed by atoms with Gasteiger partial charge in [0.1, 0.15) is 11.6 Å². The van der Waals surface area contributed by atoms with E-state index in [1.165, 1.54) is 12.5 Å². The summed E-state index contributed by atoms with van der Waals surface area (Å²) in [6.45, 7) is 4.32. The number of nitrogens with zero attached hydrogens (tertiary/aromatic N) is 5. The zero-order valence-corrected chi connectivity index (χ0v) is 22.7. The third-order valence-corrected chi connectivity index (χ3v) is 8.65. The van der Waals surface area contributed by atoms with Crippen LogP contribution in [0.2, 0.25) is 5.02 Å². The Morgan fingerprint density at radius 1 is 1.18 bits per heavy atom. The van der Waals surface area contributed by atoms with Crippen molar-refractivity contribution in [3.05, 3.63) is 58.4 Å². The number of carbonyl (C=O) groups is 1. The molecule has 1 aromatic carbocycles. The maximum absolute atomic E-state index is 14.8. The number of ether oxygens (including phenoxy) is 1. The first-order chi connectivity index (χ1) is 19.0. The van der Waals surface area contributed by atoms with Crippen LogP contribution in [-0.2, 0) is 11.2 Å². The monoisotopic (exact) mass is 552 g/mol. The average molecular weight is 553 g/mol. The van der Waals surface area contributed by atoms with Crippen molar-refractivity contribution < 1.29 is 13.9 Å². The highest BCUT2D eigenvalue weighted by atomic mass is 35.5. The van der Waals surface area contributed by atoms with Gasteiger partial charge in [-0.2, -0.15) is 0 Å². The van der Waals surface area contributed by atoms with E-state index in [1.54, 1.807) is 29.4 Å². The molecule has 6 rings (SSSR count). The van der Waals surface area contributed by atoms with Gasteiger partial charge in [0, 0.05) is 38.3 Å². The van der Waals surface area contributed by atoms with Crippen LogP contribution >= 0.6 is 11.6 Å². The Labute approximate surface area is 233 Å². The molecular weight excluding hydrogens is 519 g/mol. The molecule has 39 heavy (non-hydrogen) atoms. The van der Waals surface area contributed by atoms with Gasteiger partial charge in [0.25, 0.3) is 0 Å². The van der Waals surface area contributed by atoms with Gasteiger partial charge >= 0.3 is 0 Å². The number of anilines is 1. The fourth-order valence-corrected chi connectivity index (χ4v) is 6.23. The van der Waals surface area contributed by atoms with E-state index in [0.29, 0.717) is 48.5 Å². The van der Waals surface area contributed by atoms with Crippen molar-refractivity contribution in [1.82, 2.24) is 20.2 Å². The van der Waals surface area contributed by atoms with Gasteiger partial charge in [0.2, 0.25) is 11.9 Å². The molecule has 4 heterocycles. The highest BCUT2D eigenvalue weighted by Crippen LogP contribution is 2.49. The lowest BCUT2D eigenvalue weighted by atomic mass is 9.90. The summed E-state index contributed by atoms with van der Waals surface area (Å²) in [4.78, 5) is 29.9. The van der Waals surface area contributed by atoms with E-state index >= 15 is 0 Å². The predicted molar refractivity (Wildman–Crippen MR) is 149 cm³/mol. The largest absolute Gasteiger partial charge is 0.493 e. The molecule has 10 heteroatoms. The van der Waals surface area contributed by atoms with Gasteiger partial charge in [0.05, 0.1) is 54.9 Å². The second kappa shape index (κ2) is 11.5. The molecule has 1 amide bonds. The van der Waals surface area contributed by atoms with E-state index in [9.17, 15) is 9.18 Å². The summed E-state index contributed by atoms with van der Waals surface area (Å²) < 4.78 is 20.7. The summed E-state index contributed by atoms with van der Waals surface area (Å²) in [5.74, 6) is 2.99. The SMILES string of the molecule is O=C(Cc1ccc(OCC[C@@H]2C[C@@H]2C2CCN(c3ncc(Cl)cn3)CC2)cc1F)N1CCC2=C(C1)NCC=N2. The van der Waals surface area contributed by atoms with Gasteiger partial charge < -0.3 is 19.9 Å². The van der Waals surface area contributed by atoms with Crippen LogP contribution in [0.4, 0.5) is 10.3 Å². The summed E-state index contributed by atoms with van der Waals surface area (Å²) in [5, 5.41) is 3.85. The van der Waals surface area contributed by atoms with Crippen molar-refractivity contribution in [2.45, 2.75) is 38.5 Å². The summed E-state index contributed by atoms with van der Waals surface area (Å²) in [7, 11) is 0. The number of nitrogens with one attached hydrogen (secondary N) is 1. The number of hydrogen-bond acceptors (Lipinski definition) is 7. The lowest BCUT2D eigenvalue weighted by Gasteiger charge is -2.32. The standard InChI is InChI=1S/C29H34ClFN6O2/c30-22-16-34-29(35-17-22)36-9-3-19(4-10-36)24-13-20(24)6-12-39-23-2-1-21(25(31)15-23)14-28(38)37-11-5-26-27(18-37)33-8-7-32-26/h1-2,7,15-17,19-20,24,33H,3-6,8-14,18H2/t20-,24-/m1/s1. The molecule has 206 valence electrons. The van der Waals surface area contributed by atoms with Crippen molar-refractivity contribution in [2.75, 3.05) is 44.2 Å². The normalized spacial score (nSPS) is 22.9. The van der Waals surface area contributed by atoms with Crippen LogP contribution in [0.5, 0.6) is 5.75 Å². The highest BCUT2D eigenvalue weighted by molar-refractivity contribution is 6.30. The molecule has 1 aromatic heterocycles. The van der Waals surface area contributed by atoms with Crippen LogP contribution in [0, 0.1) is 23.6 Å². The Bertz CT molecular complexity index is 1260. The van der Waals surface area contributed by atoms with E-state index in [4.69, 9.17) is 16.3 Å². The Morgan fingerprint density at radius 2 is 2.00 bits per heavy atom. The molecule has 0 bridgehead atoms. The number of carbonyl (C=O) groups excluding carboxylic acids is 1. The lowest BCUT2D eigenvalue weighted by molar-refractivity contribution is -0.130. The van der Waals surface area contributed by atoms with Crippen molar-refractivity contribution in [3.63, 3.8) is 0 Å². The Kier molecular flexibility index (Phi) is 7.68. The van der Waals surface area contributed by atoms with Crippen molar-refractivity contribution >= 4 is 29.7 Å². The van der Waals surface area contributed by atoms with Crippen LogP contribution in [0.25, 0.3) is 0 Å². The van der Waals surface area contributed by atoms with Crippen LogP contribution in [0.15, 0.2) is 47.0 Å². The van der Waals surface area contributed by atoms with Gasteiger partial charge in [-0.1, -0.05) is 17.7 Å². The zero-order valence-electron chi connectivity index (χ0n) is 22.0. The maximum Gasteiger partial charge on any atom is 0.227 e. The molecule has 0 unspecified atom stereocenters. The first-order valence-electron chi connectivity index (χ1n) is 13.9. The number of hydrogen-bond donors (Lipinski definition) is 1. The van der Waals surface area contributed by atoms with E-state index in [2.05, 4.69) is 25.2 Å². The second-order valence-corrected chi connectivity index (χ2v) is 11.4.